The molecule has 0 aliphatic rings. The molecule has 0 amide bonds. The van der Waals surface area contributed by atoms with Gasteiger partial charge in [0.1, 0.15) is 0 Å². The predicted octanol–water partition coefficient (Wildman–Crippen LogP) is 2.38. The fourth-order valence-corrected chi connectivity index (χ4v) is 1.78. The lowest BCUT2D eigenvalue weighted by Crippen LogP contribution is -2.09. The fourth-order valence-electron chi connectivity index (χ4n) is 1.61. The average molecular weight is 266 g/mol. The Hall–Kier alpha value is -2.01. The maximum Gasteiger partial charge on any atom is 0.337 e. The van der Waals surface area contributed by atoms with E-state index >= 15 is 0 Å². The largest absolute Gasteiger partial charge is 0.478 e. The molecule has 0 fully saturated rings. The number of anilines is 1. The third-order valence-corrected chi connectivity index (χ3v) is 2.83. The van der Waals surface area contributed by atoms with Crippen molar-refractivity contribution < 1.29 is 9.90 Å². The molecular formula is C12H12ClN3O2. The van der Waals surface area contributed by atoms with Crippen molar-refractivity contribution >= 4 is 23.3 Å². The third kappa shape index (κ3) is 2.62. The molecule has 0 saturated carbocycles. The second kappa shape index (κ2) is 5.10. The quantitative estimate of drug-likeness (QED) is 0.891. The van der Waals surface area contributed by atoms with E-state index in [1.54, 1.807) is 23.0 Å². The van der Waals surface area contributed by atoms with Gasteiger partial charge in [-0.3, -0.25) is 4.68 Å². The van der Waals surface area contributed by atoms with Gasteiger partial charge >= 0.3 is 5.97 Å². The van der Waals surface area contributed by atoms with Crippen LogP contribution in [0.4, 0.5) is 5.69 Å². The van der Waals surface area contributed by atoms with Crippen molar-refractivity contribution in [3.05, 3.63) is 46.7 Å². The molecule has 2 rings (SSSR count). The highest BCUT2D eigenvalue weighted by atomic mass is 35.5. The Morgan fingerprint density at radius 2 is 2.28 bits per heavy atom. The van der Waals surface area contributed by atoms with Crippen LogP contribution in [-0.4, -0.2) is 20.9 Å². The lowest BCUT2D eigenvalue weighted by atomic mass is 10.2. The molecule has 1 aromatic carbocycles. The molecule has 94 valence electrons. The monoisotopic (exact) mass is 265 g/mol. The number of hydrogen-bond donors (Lipinski definition) is 2. The van der Waals surface area contributed by atoms with Crippen LogP contribution in [0.3, 0.4) is 0 Å². The van der Waals surface area contributed by atoms with E-state index < -0.39 is 5.97 Å². The van der Waals surface area contributed by atoms with Gasteiger partial charge in [-0.15, -0.1) is 0 Å². The molecule has 0 unspecified atom stereocenters. The molecule has 0 aliphatic heterocycles. The van der Waals surface area contributed by atoms with Gasteiger partial charge in [0.2, 0.25) is 0 Å². The fraction of sp³-hybridized carbons (Fsp3) is 0.167. The molecule has 2 N–H and O–H groups in total. The zero-order valence-corrected chi connectivity index (χ0v) is 10.5. The predicted molar refractivity (Wildman–Crippen MR) is 68.9 cm³/mol. The Kier molecular flexibility index (Phi) is 3.53. The van der Waals surface area contributed by atoms with Crippen LogP contribution in [0.25, 0.3) is 0 Å². The Balaban J connectivity index is 2.19. The summed E-state index contributed by atoms with van der Waals surface area (Å²) >= 11 is 5.78. The van der Waals surface area contributed by atoms with E-state index in [4.69, 9.17) is 16.7 Å². The summed E-state index contributed by atoms with van der Waals surface area (Å²) in [5.41, 5.74) is 1.65. The van der Waals surface area contributed by atoms with Crippen LogP contribution in [0.1, 0.15) is 16.1 Å². The van der Waals surface area contributed by atoms with Crippen molar-refractivity contribution in [3.63, 3.8) is 0 Å². The van der Waals surface area contributed by atoms with Gasteiger partial charge in [0.15, 0.2) is 0 Å². The number of nitrogens with zero attached hydrogens (tertiary/aromatic N) is 2. The zero-order chi connectivity index (χ0) is 13.1. The molecule has 0 radical (unpaired) electrons. The summed E-state index contributed by atoms with van der Waals surface area (Å²) in [7, 11) is 1.83. The van der Waals surface area contributed by atoms with Crippen molar-refractivity contribution in [1.29, 1.82) is 0 Å². The van der Waals surface area contributed by atoms with E-state index in [1.807, 2.05) is 13.1 Å². The van der Waals surface area contributed by atoms with E-state index in [-0.39, 0.29) is 5.56 Å². The highest BCUT2D eigenvalue weighted by molar-refractivity contribution is 6.31. The highest BCUT2D eigenvalue weighted by Gasteiger charge is 2.10. The first-order chi connectivity index (χ1) is 8.58. The minimum Gasteiger partial charge on any atom is -0.478 e. The van der Waals surface area contributed by atoms with Crippen molar-refractivity contribution in [1.82, 2.24) is 9.78 Å². The molecule has 1 heterocycles. The first kappa shape index (κ1) is 12.4. The third-order valence-electron chi connectivity index (χ3n) is 2.59. The Labute approximate surface area is 109 Å². The van der Waals surface area contributed by atoms with E-state index in [1.165, 1.54) is 6.07 Å². The number of carboxylic acids is 1. The Morgan fingerprint density at radius 1 is 1.50 bits per heavy atom. The van der Waals surface area contributed by atoms with E-state index in [2.05, 4.69) is 10.4 Å². The maximum atomic E-state index is 11.1. The summed E-state index contributed by atoms with van der Waals surface area (Å²) < 4.78 is 1.73. The number of aromatic carboxylic acids is 1. The molecular weight excluding hydrogens is 254 g/mol. The SMILES string of the molecule is Cn1nccc1CNc1ccc(Cl)cc1C(=O)O. The molecule has 0 bridgehead atoms. The van der Waals surface area contributed by atoms with Crippen LogP contribution in [0.5, 0.6) is 0 Å². The van der Waals surface area contributed by atoms with Crippen molar-refractivity contribution in [2.45, 2.75) is 6.54 Å². The number of halogens is 1. The van der Waals surface area contributed by atoms with Crippen molar-refractivity contribution in [3.8, 4) is 0 Å². The minimum absolute atomic E-state index is 0.157. The highest BCUT2D eigenvalue weighted by Crippen LogP contribution is 2.21. The number of rotatable bonds is 4. The number of nitrogens with one attached hydrogen (secondary N) is 1. The molecule has 2 aromatic rings. The molecule has 5 nitrogen and oxygen atoms in total. The maximum absolute atomic E-state index is 11.1. The lowest BCUT2D eigenvalue weighted by molar-refractivity contribution is 0.0698. The Bertz CT molecular complexity index is 580. The van der Waals surface area contributed by atoms with Gasteiger partial charge in [-0.25, -0.2) is 4.79 Å². The number of carboxylic acid groups (broad SMARTS) is 1. The summed E-state index contributed by atoms with van der Waals surface area (Å²) in [6.07, 6.45) is 1.69. The Morgan fingerprint density at radius 3 is 2.89 bits per heavy atom. The van der Waals surface area contributed by atoms with E-state index in [9.17, 15) is 4.79 Å². The lowest BCUT2D eigenvalue weighted by Gasteiger charge is -2.10. The van der Waals surface area contributed by atoms with Gasteiger partial charge < -0.3 is 10.4 Å². The van der Waals surface area contributed by atoms with Crippen LogP contribution in [0.2, 0.25) is 5.02 Å². The number of aryl methyl sites for hydroxylation is 1. The molecule has 0 aliphatic carbocycles. The summed E-state index contributed by atoms with van der Waals surface area (Å²) in [5.74, 6) is -1.01. The van der Waals surface area contributed by atoms with Crippen LogP contribution in [0, 0.1) is 0 Å². The van der Waals surface area contributed by atoms with Gasteiger partial charge in [0.25, 0.3) is 0 Å². The van der Waals surface area contributed by atoms with E-state index in [0.29, 0.717) is 17.3 Å². The molecule has 18 heavy (non-hydrogen) atoms. The topological polar surface area (TPSA) is 67.2 Å². The minimum atomic E-state index is -1.01. The van der Waals surface area contributed by atoms with Crippen LogP contribution in [-0.2, 0) is 13.6 Å². The summed E-state index contributed by atoms with van der Waals surface area (Å²) in [5, 5.41) is 16.6. The number of aromatic nitrogens is 2. The van der Waals surface area contributed by atoms with Gasteiger partial charge in [0, 0.05) is 24.0 Å². The molecule has 6 heteroatoms. The molecule has 0 atom stereocenters. The number of carbonyl (C=O) groups is 1. The van der Waals surface area contributed by atoms with Crippen LogP contribution in [0.15, 0.2) is 30.5 Å². The zero-order valence-electron chi connectivity index (χ0n) is 9.72. The summed E-state index contributed by atoms with van der Waals surface area (Å²) in [4.78, 5) is 11.1. The standard InChI is InChI=1S/C12H12ClN3O2/c1-16-9(4-5-15-16)7-14-11-3-2-8(13)6-10(11)12(17)18/h2-6,14H,7H2,1H3,(H,17,18). The van der Waals surface area contributed by atoms with Crippen LogP contribution >= 0.6 is 11.6 Å². The van der Waals surface area contributed by atoms with Crippen molar-refractivity contribution in [2.24, 2.45) is 7.05 Å². The molecule has 0 saturated heterocycles. The van der Waals surface area contributed by atoms with Gasteiger partial charge in [-0.1, -0.05) is 11.6 Å². The van der Waals surface area contributed by atoms with Gasteiger partial charge in [0.05, 0.1) is 17.8 Å². The summed E-state index contributed by atoms with van der Waals surface area (Å²) in [6, 6.07) is 6.60. The smallest absolute Gasteiger partial charge is 0.337 e. The van der Waals surface area contributed by atoms with E-state index in [0.717, 1.165) is 5.69 Å². The van der Waals surface area contributed by atoms with Crippen molar-refractivity contribution in [2.75, 3.05) is 5.32 Å². The van der Waals surface area contributed by atoms with Gasteiger partial charge in [-0.2, -0.15) is 5.10 Å². The van der Waals surface area contributed by atoms with Crippen LogP contribution < -0.4 is 5.32 Å². The second-order valence-corrected chi connectivity index (χ2v) is 4.23. The van der Waals surface area contributed by atoms with Gasteiger partial charge in [-0.05, 0) is 24.3 Å². The second-order valence-electron chi connectivity index (χ2n) is 3.79. The molecule has 1 aromatic heterocycles. The first-order valence-corrected chi connectivity index (χ1v) is 5.69. The first-order valence-electron chi connectivity index (χ1n) is 5.31. The average Bonchev–Trinajstić information content (AvgIpc) is 2.73. The number of benzene rings is 1. The summed E-state index contributed by atoms with van der Waals surface area (Å²) in [6.45, 7) is 0.498. The number of hydrogen-bond acceptors (Lipinski definition) is 3. The molecule has 0 spiro atoms. The normalized spacial score (nSPS) is 10.3.